The number of rotatable bonds is 3. The second kappa shape index (κ2) is 6.87. The summed E-state index contributed by atoms with van der Waals surface area (Å²) in [6.45, 7) is 3.82. The molecule has 1 amide bonds. The lowest BCUT2D eigenvalue weighted by atomic mass is 9.95. The number of benzene rings is 1. The molecule has 0 spiro atoms. The van der Waals surface area contributed by atoms with E-state index < -0.39 is 0 Å². The Morgan fingerprint density at radius 1 is 1.28 bits per heavy atom. The number of hydrogen-bond acceptors (Lipinski definition) is 4. The van der Waals surface area contributed by atoms with E-state index in [-0.39, 0.29) is 11.8 Å². The van der Waals surface area contributed by atoms with E-state index in [0.717, 1.165) is 43.5 Å². The summed E-state index contributed by atoms with van der Waals surface area (Å²) in [6.07, 6.45) is 5.26. The Kier molecular flexibility index (Phi) is 4.59. The first-order chi connectivity index (χ1) is 12.1. The molecule has 1 aliphatic carbocycles. The van der Waals surface area contributed by atoms with Crippen LogP contribution in [0.2, 0.25) is 5.02 Å². The van der Waals surface area contributed by atoms with Gasteiger partial charge in [-0.3, -0.25) is 4.79 Å². The van der Waals surface area contributed by atoms with E-state index in [4.69, 9.17) is 16.0 Å². The van der Waals surface area contributed by atoms with Crippen LogP contribution in [0.4, 0.5) is 6.01 Å². The van der Waals surface area contributed by atoms with Gasteiger partial charge in [-0.2, -0.15) is 4.98 Å². The van der Waals surface area contributed by atoms with Gasteiger partial charge in [0.25, 0.3) is 6.01 Å². The zero-order valence-corrected chi connectivity index (χ0v) is 15.3. The SMILES string of the molecule is C[C@@H]1CCC[C@@H]1NC(=O)C1CCN(c2nc3cc(Cl)ccc3o2)CC1. The summed E-state index contributed by atoms with van der Waals surface area (Å²) in [4.78, 5) is 19.2. The summed E-state index contributed by atoms with van der Waals surface area (Å²) in [6, 6.07) is 6.46. The highest BCUT2D eigenvalue weighted by Gasteiger charge is 2.31. The first-order valence-corrected chi connectivity index (χ1v) is 9.59. The maximum absolute atomic E-state index is 12.5. The van der Waals surface area contributed by atoms with E-state index in [1.54, 1.807) is 6.07 Å². The molecule has 2 aliphatic rings. The lowest BCUT2D eigenvalue weighted by Crippen LogP contribution is -2.44. The summed E-state index contributed by atoms with van der Waals surface area (Å²) in [5.41, 5.74) is 1.52. The number of aromatic nitrogens is 1. The predicted molar refractivity (Wildman–Crippen MR) is 98.9 cm³/mol. The van der Waals surface area contributed by atoms with Crippen LogP contribution in [0, 0.1) is 11.8 Å². The quantitative estimate of drug-likeness (QED) is 0.897. The fourth-order valence-electron chi connectivity index (χ4n) is 4.02. The van der Waals surface area contributed by atoms with Gasteiger partial charge < -0.3 is 14.6 Å². The average molecular weight is 362 g/mol. The van der Waals surface area contributed by atoms with E-state index in [2.05, 4.69) is 22.1 Å². The van der Waals surface area contributed by atoms with Gasteiger partial charge in [0.1, 0.15) is 5.52 Å². The molecule has 2 fully saturated rings. The van der Waals surface area contributed by atoms with Crippen LogP contribution in [-0.4, -0.2) is 30.0 Å². The number of halogens is 1. The summed E-state index contributed by atoms with van der Waals surface area (Å²) in [5, 5.41) is 3.93. The first kappa shape index (κ1) is 16.7. The van der Waals surface area contributed by atoms with Gasteiger partial charge in [0.05, 0.1) is 0 Å². The third-order valence-electron chi connectivity index (χ3n) is 5.66. The van der Waals surface area contributed by atoms with Gasteiger partial charge in [0.2, 0.25) is 5.91 Å². The molecule has 2 atom stereocenters. The van der Waals surface area contributed by atoms with Crippen LogP contribution >= 0.6 is 11.6 Å². The summed E-state index contributed by atoms with van der Waals surface area (Å²) in [5.74, 6) is 0.932. The molecule has 0 bridgehead atoms. The van der Waals surface area contributed by atoms with Crippen molar-refractivity contribution >= 4 is 34.6 Å². The monoisotopic (exact) mass is 361 g/mol. The van der Waals surface area contributed by atoms with Crippen molar-refractivity contribution < 1.29 is 9.21 Å². The Morgan fingerprint density at radius 2 is 2.08 bits per heavy atom. The van der Waals surface area contributed by atoms with E-state index in [1.165, 1.54) is 12.8 Å². The van der Waals surface area contributed by atoms with Crippen molar-refractivity contribution in [2.24, 2.45) is 11.8 Å². The maximum Gasteiger partial charge on any atom is 0.298 e. The molecule has 0 unspecified atom stereocenters. The Labute approximate surface area is 152 Å². The molecule has 1 aliphatic heterocycles. The van der Waals surface area contributed by atoms with Gasteiger partial charge in [0.15, 0.2) is 5.58 Å². The van der Waals surface area contributed by atoms with Gasteiger partial charge in [-0.05, 0) is 49.8 Å². The number of piperidine rings is 1. The fraction of sp³-hybridized carbons (Fsp3) is 0.579. The molecule has 2 heterocycles. The van der Waals surface area contributed by atoms with E-state index >= 15 is 0 Å². The fourth-order valence-corrected chi connectivity index (χ4v) is 4.18. The Morgan fingerprint density at radius 3 is 2.80 bits per heavy atom. The maximum atomic E-state index is 12.5. The van der Waals surface area contributed by atoms with Gasteiger partial charge in [-0.1, -0.05) is 24.9 Å². The van der Waals surface area contributed by atoms with Crippen LogP contribution in [0.1, 0.15) is 39.0 Å². The molecule has 5 nitrogen and oxygen atoms in total. The highest BCUT2D eigenvalue weighted by molar-refractivity contribution is 6.31. The van der Waals surface area contributed by atoms with Gasteiger partial charge >= 0.3 is 0 Å². The molecular weight excluding hydrogens is 338 g/mol. The summed E-state index contributed by atoms with van der Waals surface area (Å²) < 4.78 is 5.84. The molecule has 134 valence electrons. The van der Waals surface area contributed by atoms with Crippen molar-refractivity contribution in [3.63, 3.8) is 0 Å². The topological polar surface area (TPSA) is 58.4 Å². The van der Waals surface area contributed by atoms with Crippen LogP contribution in [0.25, 0.3) is 11.1 Å². The molecule has 1 aromatic carbocycles. The largest absolute Gasteiger partial charge is 0.423 e. The molecule has 1 N–H and O–H groups in total. The van der Waals surface area contributed by atoms with Crippen molar-refractivity contribution in [2.75, 3.05) is 18.0 Å². The average Bonchev–Trinajstić information content (AvgIpc) is 3.21. The van der Waals surface area contributed by atoms with E-state index in [0.29, 0.717) is 23.0 Å². The van der Waals surface area contributed by atoms with Crippen molar-refractivity contribution in [1.82, 2.24) is 10.3 Å². The molecular formula is C19H24ClN3O2. The highest BCUT2D eigenvalue weighted by Crippen LogP contribution is 2.29. The zero-order valence-electron chi connectivity index (χ0n) is 14.5. The normalized spacial score (nSPS) is 24.8. The molecule has 1 aromatic heterocycles. The van der Waals surface area contributed by atoms with Crippen LogP contribution in [-0.2, 0) is 4.79 Å². The van der Waals surface area contributed by atoms with Crippen LogP contribution in [0.15, 0.2) is 22.6 Å². The van der Waals surface area contributed by atoms with Crippen LogP contribution in [0.5, 0.6) is 0 Å². The predicted octanol–water partition coefficient (Wildman–Crippen LogP) is 4.00. The molecule has 6 heteroatoms. The molecule has 1 saturated heterocycles. The van der Waals surface area contributed by atoms with Crippen molar-refractivity contribution in [1.29, 1.82) is 0 Å². The van der Waals surface area contributed by atoms with Gasteiger partial charge in [-0.25, -0.2) is 0 Å². The number of hydrogen-bond donors (Lipinski definition) is 1. The third kappa shape index (κ3) is 3.47. The number of nitrogens with one attached hydrogen (secondary N) is 1. The van der Waals surface area contributed by atoms with E-state index in [1.807, 2.05) is 12.1 Å². The van der Waals surface area contributed by atoms with Gasteiger partial charge in [-0.15, -0.1) is 0 Å². The van der Waals surface area contributed by atoms with Crippen molar-refractivity contribution in [3.05, 3.63) is 23.2 Å². The highest BCUT2D eigenvalue weighted by atomic mass is 35.5. The summed E-state index contributed by atoms with van der Waals surface area (Å²) >= 11 is 6.01. The van der Waals surface area contributed by atoms with Crippen molar-refractivity contribution in [2.45, 2.75) is 45.1 Å². The Hall–Kier alpha value is -1.75. The number of oxazole rings is 1. The van der Waals surface area contributed by atoms with Gasteiger partial charge in [0, 0.05) is 30.1 Å². The molecule has 1 saturated carbocycles. The first-order valence-electron chi connectivity index (χ1n) is 9.21. The number of nitrogens with zero attached hydrogens (tertiary/aromatic N) is 2. The zero-order chi connectivity index (χ0) is 17.4. The standard InChI is InChI=1S/C19H24ClN3O2/c1-12-3-2-4-15(12)21-18(24)13-7-9-23(10-8-13)19-22-16-11-14(20)5-6-17(16)25-19/h5-6,11-13,15H,2-4,7-10H2,1H3,(H,21,24)/t12-,15+/m1/s1. The number of amides is 1. The lowest BCUT2D eigenvalue weighted by molar-refractivity contribution is -0.126. The molecule has 4 rings (SSSR count). The number of anilines is 1. The minimum atomic E-state index is 0.0999. The molecule has 25 heavy (non-hydrogen) atoms. The van der Waals surface area contributed by atoms with E-state index in [9.17, 15) is 4.79 Å². The smallest absolute Gasteiger partial charge is 0.298 e. The Balaban J connectivity index is 1.36. The minimum absolute atomic E-state index is 0.0999. The van der Waals surface area contributed by atoms with Crippen LogP contribution < -0.4 is 10.2 Å². The lowest BCUT2D eigenvalue weighted by Gasteiger charge is -2.31. The molecule has 0 radical (unpaired) electrons. The Bertz CT molecular complexity index is 767. The molecule has 2 aromatic rings. The number of carbonyl (C=O) groups excluding carboxylic acids is 1. The van der Waals surface area contributed by atoms with Crippen LogP contribution in [0.3, 0.4) is 0 Å². The minimum Gasteiger partial charge on any atom is -0.423 e. The third-order valence-corrected chi connectivity index (χ3v) is 5.90. The number of carbonyl (C=O) groups is 1. The number of fused-ring (bicyclic) bond motifs is 1. The summed E-state index contributed by atoms with van der Waals surface area (Å²) in [7, 11) is 0. The van der Waals surface area contributed by atoms with Crippen molar-refractivity contribution in [3.8, 4) is 0 Å². The second-order valence-electron chi connectivity index (χ2n) is 7.39. The second-order valence-corrected chi connectivity index (χ2v) is 7.83.